The highest BCUT2D eigenvalue weighted by atomic mass is 16.6. The Morgan fingerprint density at radius 1 is 1.24 bits per heavy atom. The van der Waals surface area contributed by atoms with Crippen molar-refractivity contribution in [2.75, 3.05) is 13.2 Å². The first-order valence-electron chi connectivity index (χ1n) is 11.5. The number of amides is 2. The molecule has 10 nitrogen and oxygen atoms in total. The van der Waals surface area contributed by atoms with Crippen LogP contribution < -0.4 is 20.7 Å². The second-order valence-corrected chi connectivity index (χ2v) is 9.40. The number of hydrogen-bond acceptors (Lipinski definition) is 7. The van der Waals surface area contributed by atoms with Crippen LogP contribution in [0.4, 0.5) is 4.79 Å². The van der Waals surface area contributed by atoms with Crippen LogP contribution in [0.25, 0.3) is 0 Å². The Balaban J connectivity index is 1.50. The summed E-state index contributed by atoms with van der Waals surface area (Å²) in [5, 5.41) is 18.3. The number of carboxylic acid groups (broad SMARTS) is 1. The van der Waals surface area contributed by atoms with E-state index < -0.39 is 23.6 Å². The highest BCUT2D eigenvalue weighted by Crippen LogP contribution is 2.25. The monoisotopic (exact) mass is 474 g/mol. The fourth-order valence-electron chi connectivity index (χ4n) is 3.88. The number of nitrogens with zero attached hydrogens (tertiary/aromatic N) is 1. The average Bonchev–Trinajstić information content (AvgIpc) is 3.13. The standard InChI is InChI=1S/C24H34N4O6/c1-5-28(23(32)34-24(2,3)4)22-26-14-18(27-22)8-9-33-19-7-6-15-10-16(12-20(29)30)21(31)25-13-17(15)11-19/h6-7,11,14,16,22,26-27H,5,8-10,12-13H2,1-4H3,(H,25,31)(H,29,30). The van der Waals surface area contributed by atoms with Crippen LogP contribution in [0.3, 0.4) is 0 Å². The molecule has 4 N–H and O–H groups in total. The van der Waals surface area contributed by atoms with Gasteiger partial charge in [0.15, 0.2) is 6.29 Å². The summed E-state index contributed by atoms with van der Waals surface area (Å²) in [5.74, 6) is -1.12. The highest BCUT2D eigenvalue weighted by Gasteiger charge is 2.29. The van der Waals surface area contributed by atoms with Crippen molar-refractivity contribution in [1.82, 2.24) is 20.9 Å². The molecule has 10 heteroatoms. The van der Waals surface area contributed by atoms with E-state index in [1.807, 2.05) is 52.1 Å². The molecular weight excluding hydrogens is 440 g/mol. The summed E-state index contributed by atoms with van der Waals surface area (Å²) in [4.78, 5) is 37.2. The van der Waals surface area contributed by atoms with E-state index in [9.17, 15) is 14.4 Å². The van der Waals surface area contributed by atoms with Crippen molar-refractivity contribution >= 4 is 18.0 Å². The van der Waals surface area contributed by atoms with E-state index in [1.165, 1.54) is 0 Å². The lowest BCUT2D eigenvalue weighted by molar-refractivity contribution is -0.141. The largest absolute Gasteiger partial charge is 0.493 e. The number of aliphatic carboxylic acids is 1. The van der Waals surface area contributed by atoms with E-state index in [0.29, 0.717) is 38.3 Å². The number of hydrogen-bond donors (Lipinski definition) is 4. The molecule has 2 aliphatic rings. The lowest BCUT2D eigenvalue weighted by atomic mass is 9.94. The van der Waals surface area contributed by atoms with Gasteiger partial charge in [-0.15, -0.1) is 0 Å². The second kappa shape index (κ2) is 10.7. The highest BCUT2D eigenvalue weighted by molar-refractivity contribution is 5.84. The van der Waals surface area contributed by atoms with Crippen molar-refractivity contribution in [1.29, 1.82) is 0 Å². The van der Waals surface area contributed by atoms with Gasteiger partial charge in [0.1, 0.15) is 11.4 Å². The molecule has 0 spiro atoms. The molecule has 0 radical (unpaired) electrons. The maximum absolute atomic E-state index is 12.4. The van der Waals surface area contributed by atoms with E-state index in [-0.39, 0.29) is 18.6 Å². The zero-order valence-electron chi connectivity index (χ0n) is 20.1. The Hall–Kier alpha value is -3.43. The fraction of sp³-hybridized carbons (Fsp3) is 0.542. The molecular formula is C24H34N4O6. The van der Waals surface area contributed by atoms with Gasteiger partial charge in [0.25, 0.3) is 0 Å². The minimum absolute atomic E-state index is 0.190. The molecule has 3 rings (SSSR count). The number of fused-ring (bicyclic) bond motifs is 1. The normalized spacial score (nSPS) is 19.5. The molecule has 2 amide bonds. The first-order chi connectivity index (χ1) is 16.1. The SMILES string of the molecule is CCN(C(=O)OC(C)(C)C)C1NC=C(CCOc2ccc3c(c2)CNC(=O)C(CC(=O)O)C3)N1. The van der Waals surface area contributed by atoms with Gasteiger partial charge in [0.2, 0.25) is 5.91 Å². The summed E-state index contributed by atoms with van der Waals surface area (Å²) in [5.41, 5.74) is 2.22. The average molecular weight is 475 g/mol. The maximum atomic E-state index is 12.4. The Bertz CT molecular complexity index is 955. The minimum atomic E-state index is -0.983. The van der Waals surface area contributed by atoms with Gasteiger partial charge in [-0.1, -0.05) is 6.07 Å². The molecule has 0 aromatic heterocycles. The second-order valence-electron chi connectivity index (χ2n) is 9.40. The van der Waals surface area contributed by atoms with Gasteiger partial charge < -0.3 is 30.5 Å². The van der Waals surface area contributed by atoms with E-state index in [2.05, 4.69) is 16.0 Å². The lowest BCUT2D eigenvalue weighted by Crippen LogP contribution is -2.53. The van der Waals surface area contributed by atoms with Crippen molar-refractivity contribution in [2.24, 2.45) is 5.92 Å². The number of carbonyl (C=O) groups excluding carboxylic acids is 2. The van der Waals surface area contributed by atoms with Crippen molar-refractivity contribution in [3.8, 4) is 5.75 Å². The van der Waals surface area contributed by atoms with Crippen LogP contribution in [0.15, 0.2) is 30.1 Å². The van der Waals surface area contributed by atoms with Gasteiger partial charge in [-0.2, -0.15) is 0 Å². The summed E-state index contributed by atoms with van der Waals surface area (Å²) in [6, 6.07) is 5.62. The maximum Gasteiger partial charge on any atom is 0.413 e. The van der Waals surface area contributed by atoms with Gasteiger partial charge in [0, 0.05) is 31.4 Å². The first kappa shape index (κ1) is 25.2. The third-order valence-electron chi connectivity index (χ3n) is 5.55. The Morgan fingerprint density at radius 3 is 2.68 bits per heavy atom. The van der Waals surface area contributed by atoms with E-state index >= 15 is 0 Å². The van der Waals surface area contributed by atoms with Crippen molar-refractivity contribution < 1.29 is 29.0 Å². The lowest BCUT2D eigenvalue weighted by Gasteiger charge is -2.31. The predicted molar refractivity (Wildman–Crippen MR) is 125 cm³/mol. The van der Waals surface area contributed by atoms with E-state index in [0.717, 1.165) is 16.8 Å². The number of ether oxygens (including phenoxy) is 2. The number of benzene rings is 1. The summed E-state index contributed by atoms with van der Waals surface area (Å²) in [6.07, 6.45) is 1.85. The van der Waals surface area contributed by atoms with Crippen LogP contribution >= 0.6 is 0 Å². The van der Waals surface area contributed by atoms with Gasteiger partial charge in [-0.05, 0) is 57.4 Å². The predicted octanol–water partition coefficient (Wildman–Crippen LogP) is 2.29. The van der Waals surface area contributed by atoms with Crippen molar-refractivity contribution in [3.63, 3.8) is 0 Å². The fourth-order valence-corrected chi connectivity index (χ4v) is 3.88. The minimum Gasteiger partial charge on any atom is -0.493 e. The molecule has 2 unspecified atom stereocenters. The van der Waals surface area contributed by atoms with Gasteiger partial charge in [-0.25, -0.2) is 4.79 Å². The zero-order valence-corrected chi connectivity index (χ0v) is 20.1. The molecule has 1 aromatic carbocycles. The van der Waals surface area contributed by atoms with Gasteiger partial charge in [0.05, 0.1) is 18.9 Å². The molecule has 186 valence electrons. The molecule has 2 heterocycles. The Kier molecular flexibility index (Phi) is 7.90. The summed E-state index contributed by atoms with van der Waals surface area (Å²) < 4.78 is 11.4. The summed E-state index contributed by atoms with van der Waals surface area (Å²) in [7, 11) is 0. The van der Waals surface area contributed by atoms with Crippen LogP contribution in [0.1, 0.15) is 51.7 Å². The number of carboxylic acids is 1. The zero-order chi connectivity index (χ0) is 24.9. The van der Waals surface area contributed by atoms with Crippen LogP contribution in [0.2, 0.25) is 0 Å². The molecule has 0 saturated heterocycles. The third-order valence-corrected chi connectivity index (χ3v) is 5.55. The molecule has 0 aliphatic carbocycles. The Morgan fingerprint density at radius 2 is 2.00 bits per heavy atom. The number of carbonyl (C=O) groups is 3. The molecule has 0 fully saturated rings. The smallest absolute Gasteiger partial charge is 0.413 e. The molecule has 0 saturated carbocycles. The topological polar surface area (TPSA) is 129 Å². The molecule has 34 heavy (non-hydrogen) atoms. The number of rotatable bonds is 8. The summed E-state index contributed by atoms with van der Waals surface area (Å²) >= 11 is 0. The van der Waals surface area contributed by atoms with Crippen molar-refractivity contribution in [2.45, 2.75) is 65.4 Å². The van der Waals surface area contributed by atoms with E-state index in [1.54, 1.807) is 4.90 Å². The molecule has 2 atom stereocenters. The third kappa shape index (κ3) is 6.79. The molecule has 1 aromatic rings. The van der Waals surface area contributed by atoms with Gasteiger partial charge >= 0.3 is 12.1 Å². The summed E-state index contributed by atoms with van der Waals surface area (Å²) in [6.45, 7) is 8.63. The van der Waals surface area contributed by atoms with Crippen molar-refractivity contribution in [3.05, 3.63) is 41.2 Å². The van der Waals surface area contributed by atoms with Gasteiger partial charge in [-0.3, -0.25) is 14.5 Å². The Labute approximate surface area is 199 Å². The molecule has 2 aliphatic heterocycles. The van der Waals surface area contributed by atoms with Crippen LogP contribution in [0, 0.1) is 5.92 Å². The van der Waals surface area contributed by atoms with Crippen LogP contribution in [-0.4, -0.2) is 53.0 Å². The molecule has 0 bridgehead atoms. The van der Waals surface area contributed by atoms with Crippen LogP contribution in [-0.2, 0) is 27.3 Å². The quantitative estimate of drug-likeness (QED) is 0.452. The van der Waals surface area contributed by atoms with E-state index in [4.69, 9.17) is 14.6 Å². The first-order valence-corrected chi connectivity index (χ1v) is 11.5. The van der Waals surface area contributed by atoms with Crippen LogP contribution in [0.5, 0.6) is 5.75 Å². The number of nitrogens with one attached hydrogen (secondary N) is 3.